The quantitative estimate of drug-likeness (QED) is 0.790. The van der Waals surface area contributed by atoms with Gasteiger partial charge in [0, 0.05) is 36.2 Å². The summed E-state index contributed by atoms with van der Waals surface area (Å²) in [4.78, 5) is 8.11. The Kier molecular flexibility index (Phi) is 3.56. The molecule has 0 fully saturated rings. The summed E-state index contributed by atoms with van der Waals surface area (Å²) in [6.07, 6.45) is 4.12. The van der Waals surface area contributed by atoms with Crippen LogP contribution in [0.5, 0.6) is 0 Å². The number of fused-ring (bicyclic) bond motifs is 1. The zero-order chi connectivity index (χ0) is 16.8. The number of benzene rings is 1. The average molecular weight is 334 g/mol. The Bertz CT molecular complexity index is 1010. The number of nitrogens with two attached hydrogens (primary N) is 1. The second kappa shape index (κ2) is 5.31. The van der Waals surface area contributed by atoms with Crippen molar-refractivity contribution in [2.45, 2.75) is 5.75 Å². The molecule has 0 radical (unpaired) electrons. The Morgan fingerprint density at radius 2 is 2.00 bits per heavy atom. The summed E-state index contributed by atoms with van der Waals surface area (Å²) in [6.45, 7) is 0. The Labute approximate surface area is 132 Å². The molecule has 3 aromatic rings. The van der Waals surface area contributed by atoms with Crippen molar-refractivity contribution in [1.82, 2.24) is 14.5 Å². The van der Waals surface area contributed by atoms with E-state index in [0.29, 0.717) is 16.6 Å². The average Bonchev–Trinajstić information content (AvgIpc) is 2.79. The van der Waals surface area contributed by atoms with Crippen LogP contribution in [0.25, 0.3) is 22.2 Å². The van der Waals surface area contributed by atoms with Gasteiger partial charge in [-0.3, -0.25) is 0 Å². The summed E-state index contributed by atoms with van der Waals surface area (Å²) < 4.78 is 39.5. The van der Waals surface area contributed by atoms with Gasteiger partial charge in [-0.15, -0.1) is 0 Å². The van der Waals surface area contributed by atoms with E-state index in [2.05, 4.69) is 9.97 Å². The first-order valence-electron chi connectivity index (χ1n) is 6.79. The molecule has 1 aromatic carbocycles. The third-order valence-corrected chi connectivity index (χ3v) is 4.40. The third-order valence-electron chi connectivity index (χ3n) is 3.57. The van der Waals surface area contributed by atoms with E-state index < -0.39 is 15.7 Å². The van der Waals surface area contributed by atoms with E-state index in [4.69, 9.17) is 5.73 Å². The number of hydrogen-bond acceptors (Lipinski definition) is 5. The van der Waals surface area contributed by atoms with E-state index >= 15 is 0 Å². The van der Waals surface area contributed by atoms with Crippen LogP contribution in [0.1, 0.15) is 5.56 Å². The van der Waals surface area contributed by atoms with E-state index in [-0.39, 0.29) is 22.7 Å². The molecule has 0 aliphatic carbocycles. The van der Waals surface area contributed by atoms with E-state index in [1.54, 1.807) is 29.9 Å². The van der Waals surface area contributed by atoms with Gasteiger partial charge in [-0.05, 0) is 0 Å². The second-order valence-electron chi connectivity index (χ2n) is 5.46. The van der Waals surface area contributed by atoms with Gasteiger partial charge < -0.3 is 10.3 Å². The summed E-state index contributed by atoms with van der Waals surface area (Å²) >= 11 is 0. The zero-order valence-corrected chi connectivity index (χ0v) is 13.4. The molecule has 0 spiro atoms. The number of sulfone groups is 1. The van der Waals surface area contributed by atoms with Gasteiger partial charge in [0.1, 0.15) is 23.6 Å². The first-order chi connectivity index (χ1) is 10.8. The number of hydrogen-bond donors (Lipinski definition) is 1. The van der Waals surface area contributed by atoms with Crippen molar-refractivity contribution in [3.05, 3.63) is 42.1 Å². The van der Waals surface area contributed by atoms with Gasteiger partial charge in [0.15, 0.2) is 9.84 Å². The molecule has 0 amide bonds. The number of halogens is 1. The first-order valence-corrected chi connectivity index (χ1v) is 8.85. The molecular formula is C15H15FN4O2S. The number of aryl methyl sites for hydroxylation is 1. The number of nitrogen functional groups attached to an aromatic ring is 1. The highest BCUT2D eigenvalue weighted by molar-refractivity contribution is 7.89. The topological polar surface area (TPSA) is 90.9 Å². The van der Waals surface area contributed by atoms with Crippen molar-refractivity contribution in [3.63, 3.8) is 0 Å². The van der Waals surface area contributed by atoms with Gasteiger partial charge in [0.25, 0.3) is 0 Å². The normalized spacial score (nSPS) is 12.0. The molecule has 2 aromatic heterocycles. The molecule has 23 heavy (non-hydrogen) atoms. The van der Waals surface area contributed by atoms with Gasteiger partial charge in [-0.25, -0.2) is 22.8 Å². The SMILES string of the molecule is Cn1cc(-c2cccc(CS(C)(=O)=O)c2F)c2c(N)ncnc21. The van der Waals surface area contributed by atoms with Gasteiger partial charge in [-0.2, -0.15) is 0 Å². The fourth-order valence-electron chi connectivity index (χ4n) is 2.62. The number of aromatic nitrogens is 3. The van der Waals surface area contributed by atoms with Crippen LogP contribution in [-0.2, 0) is 22.6 Å². The molecule has 0 unspecified atom stereocenters. The molecule has 8 heteroatoms. The maximum Gasteiger partial charge on any atom is 0.151 e. The molecule has 6 nitrogen and oxygen atoms in total. The number of anilines is 1. The van der Waals surface area contributed by atoms with Crippen molar-refractivity contribution < 1.29 is 12.8 Å². The Morgan fingerprint density at radius 1 is 1.26 bits per heavy atom. The van der Waals surface area contributed by atoms with Crippen LogP contribution in [0, 0.1) is 5.82 Å². The highest BCUT2D eigenvalue weighted by atomic mass is 32.2. The van der Waals surface area contributed by atoms with Gasteiger partial charge in [0.05, 0.1) is 11.1 Å². The fourth-order valence-corrected chi connectivity index (χ4v) is 3.41. The Hall–Kier alpha value is -2.48. The molecular weight excluding hydrogens is 319 g/mol. The summed E-state index contributed by atoms with van der Waals surface area (Å²) in [5, 5.41) is 0.547. The monoisotopic (exact) mass is 334 g/mol. The molecule has 0 atom stereocenters. The highest BCUT2D eigenvalue weighted by Crippen LogP contribution is 2.34. The molecule has 2 N–H and O–H groups in total. The summed E-state index contributed by atoms with van der Waals surface area (Å²) in [5.74, 6) is -0.684. The molecule has 3 rings (SSSR count). The van der Waals surface area contributed by atoms with Crippen molar-refractivity contribution in [3.8, 4) is 11.1 Å². The lowest BCUT2D eigenvalue weighted by molar-refractivity contribution is 0.592. The largest absolute Gasteiger partial charge is 0.383 e. The van der Waals surface area contributed by atoms with Crippen LogP contribution < -0.4 is 5.73 Å². The van der Waals surface area contributed by atoms with Gasteiger partial charge in [0.2, 0.25) is 0 Å². The lowest BCUT2D eigenvalue weighted by Gasteiger charge is -2.07. The van der Waals surface area contributed by atoms with E-state index in [0.717, 1.165) is 6.26 Å². The standard InChI is InChI=1S/C15H15FN4O2S/c1-20-6-11(12-14(17)18-8-19-15(12)20)10-5-3-4-9(13(10)16)7-23(2,21)22/h3-6,8H,7H2,1-2H3,(H2,17,18,19). The lowest BCUT2D eigenvalue weighted by atomic mass is 10.0. The van der Waals surface area contributed by atoms with E-state index in [9.17, 15) is 12.8 Å². The van der Waals surface area contributed by atoms with Crippen LogP contribution in [0.3, 0.4) is 0 Å². The summed E-state index contributed by atoms with van der Waals surface area (Å²) in [7, 11) is -1.56. The van der Waals surface area contributed by atoms with Crippen molar-refractivity contribution >= 4 is 26.7 Å². The summed E-state index contributed by atoms with van der Waals surface area (Å²) in [6, 6.07) is 4.67. The van der Waals surface area contributed by atoms with Crippen molar-refractivity contribution in [2.75, 3.05) is 12.0 Å². The van der Waals surface area contributed by atoms with Crippen LogP contribution in [0.4, 0.5) is 10.2 Å². The minimum Gasteiger partial charge on any atom is -0.383 e. The maximum absolute atomic E-state index is 14.8. The third kappa shape index (κ3) is 2.77. The molecule has 2 heterocycles. The number of rotatable bonds is 3. The van der Waals surface area contributed by atoms with E-state index in [1.807, 2.05) is 0 Å². The fraction of sp³-hybridized carbons (Fsp3) is 0.200. The van der Waals surface area contributed by atoms with Crippen molar-refractivity contribution in [1.29, 1.82) is 0 Å². The molecule has 0 aliphatic rings. The zero-order valence-electron chi connectivity index (χ0n) is 12.6. The van der Waals surface area contributed by atoms with Crippen LogP contribution in [-0.4, -0.2) is 29.2 Å². The predicted molar refractivity (Wildman–Crippen MR) is 86.9 cm³/mol. The maximum atomic E-state index is 14.8. The van der Waals surface area contributed by atoms with Crippen LogP contribution in [0.2, 0.25) is 0 Å². The van der Waals surface area contributed by atoms with Crippen LogP contribution in [0.15, 0.2) is 30.7 Å². The lowest BCUT2D eigenvalue weighted by Crippen LogP contribution is -2.03. The molecule has 0 bridgehead atoms. The minimum absolute atomic E-state index is 0.123. The van der Waals surface area contributed by atoms with Crippen LogP contribution >= 0.6 is 0 Å². The minimum atomic E-state index is -3.34. The summed E-state index contributed by atoms with van der Waals surface area (Å²) in [5.41, 5.74) is 7.43. The Morgan fingerprint density at radius 3 is 2.70 bits per heavy atom. The molecule has 0 saturated carbocycles. The van der Waals surface area contributed by atoms with E-state index in [1.165, 1.54) is 12.4 Å². The molecule has 120 valence electrons. The predicted octanol–water partition coefficient (Wildman–Crippen LogP) is 1.90. The highest BCUT2D eigenvalue weighted by Gasteiger charge is 2.19. The smallest absolute Gasteiger partial charge is 0.151 e. The molecule has 0 aliphatic heterocycles. The Balaban J connectivity index is 2.26. The number of nitrogens with zero attached hydrogens (tertiary/aromatic N) is 3. The van der Waals surface area contributed by atoms with Gasteiger partial charge >= 0.3 is 0 Å². The molecule has 0 saturated heterocycles. The van der Waals surface area contributed by atoms with Gasteiger partial charge in [-0.1, -0.05) is 18.2 Å². The van der Waals surface area contributed by atoms with Crippen molar-refractivity contribution in [2.24, 2.45) is 7.05 Å². The second-order valence-corrected chi connectivity index (χ2v) is 7.60. The first kappa shape index (κ1) is 15.4.